The lowest BCUT2D eigenvalue weighted by atomic mass is 10.1. The standard InChI is InChI=1S/C12H15FN4/c1-7(2)17-12(13)9(6-16-17)11-10(14)8(3)4-5-15-11/h4-7H,14H2,1-3H3. The minimum Gasteiger partial charge on any atom is -0.397 e. The van der Waals surface area contributed by atoms with E-state index in [0.717, 1.165) is 5.56 Å². The number of nitrogens with two attached hydrogens (primary N) is 1. The SMILES string of the molecule is Cc1ccnc(-c2cnn(C(C)C)c2F)c1N. The molecule has 2 aromatic rings. The number of aromatic nitrogens is 3. The van der Waals surface area contributed by atoms with E-state index in [2.05, 4.69) is 10.1 Å². The quantitative estimate of drug-likeness (QED) is 0.868. The smallest absolute Gasteiger partial charge is 0.221 e. The highest BCUT2D eigenvalue weighted by Gasteiger charge is 2.17. The maximum atomic E-state index is 14.1. The van der Waals surface area contributed by atoms with Crippen LogP contribution >= 0.6 is 0 Å². The van der Waals surface area contributed by atoms with E-state index in [1.807, 2.05) is 20.8 Å². The van der Waals surface area contributed by atoms with E-state index in [1.165, 1.54) is 10.9 Å². The van der Waals surface area contributed by atoms with Crippen molar-refractivity contribution < 1.29 is 4.39 Å². The number of rotatable bonds is 2. The van der Waals surface area contributed by atoms with E-state index >= 15 is 0 Å². The monoisotopic (exact) mass is 234 g/mol. The molecule has 0 aliphatic carbocycles. The molecule has 90 valence electrons. The fourth-order valence-electron chi connectivity index (χ4n) is 1.65. The molecule has 2 heterocycles. The molecule has 17 heavy (non-hydrogen) atoms. The van der Waals surface area contributed by atoms with Crippen molar-refractivity contribution in [3.8, 4) is 11.3 Å². The highest BCUT2D eigenvalue weighted by Crippen LogP contribution is 2.28. The lowest BCUT2D eigenvalue weighted by Crippen LogP contribution is -2.06. The number of aryl methyl sites for hydroxylation is 1. The van der Waals surface area contributed by atoms with Crippen LogP contribution in [0.15, 0.2) is 18.5 Å². The Balaban J connectivity index is 2.58. The molecule has 0 amide bonds. The van der Waals surface area contributed by atoms with Crippen molar-refractivity contribution >= 4 is 5.69 Å². The van der Waals surface area contributed by atoms with Crippen molar-refractivity contribution in [1.82, 2.24) is 14.8 Å². The molecule has 0 aliphatic rings. The predicted molar refractivity (Wildman–Crippen MR) is 65.0 cm³/mol. The summed E-state index contributed by atoms with van der Waals surface area (Å²) >= 11 is 0. The first-order valence-corrected chi connectivity index (χ1v) is 5.46. The molecule has 5 heteroatoms. The second-order valence-electron chi connectivity index (χ2n) is 4.28. The molecule has 2 N–H and O–H groups in total. The second kappa shape index (κ2) is 4.16. The van der Waals surface area contributed by atoms with Crippen LogP contribution in [0.3, 0.4) is 0 Å². The molecular formula is C12H15FN4. The molecule has 2 aromatic heterocycles. The molecule has 0 saturated carbocycles. The first-order valence-electron chi connectivity index (χ1n) is 5.46. The third kappa shape index (κ3) is 1.88. The zero-order chi connectivity index (χ0) is 12.6. The number of hydrogen-bond acceptors (Lipinski definition) is 3. The van der Waals surface area contributed by atoms with Crippen LogP contribution in [0, 0.1) is 12.9 Å². The van der Waals surface area contributed by atoms with E-state index in [9.17, 15) is 4.39 Å². The summed E-state index contributed by atoms with van der Waals surface area (Å²) in [6.07, 6.45) is 3.08. The molecule has 0 fully saturated rings. The van der Waals surface area contributed by atoms with Gasteiger partial charge in [-0.1, -0.05) is 0 Å². The number of anilines is 1. The Morgan fingerprint density at radius 1 is 1.41 bits per heavy atom. The van der Waals surface area contributed by atoms with Crippen LogP contribution in [0.5, 0.6) is 0 Å². The van der Waals surface area contributed by atoms with E-state index in [0.29, 0.717) is 16.9 Å². The van der Waals surface area contributed by atoms with E-state index in [4.69, 9.17) is 5.73 Å². The Bertz CT molecular complexity index is 545. The van der Waals surface area contributed by atoms with Crippen molar-refractivity contribution in [3.63, 3.8) is 0 Å². The first kappa shape index (κ1) is 11.6. The normalized spacial score (nSPS) is 11.1. The Morgan fingerprint density at radius 2 is 2.12 bits per heavy atom. The summed E-state index contributed by atoms with van der Waals surface area (Å²) in [5.41, 5.74) is 8.08. The summed E-state index contributed by atoms with van der Waals surface area (Å²) in [4.78, 5) is 4.12. The fourth-order valence-corrected chi connectivity index (χ4v) is 1.65. The van der Waals surface area contributed by atoms with Crippen LogP contribution in [0.25, 0.3) is 11.3 Å². The highest BCUT2D eigenvalue weighted by atomic mass is 19.1. The average molecular weight is 234 g/mol. The van der Waals surface area contributed by atoms with Gasteiger partial charge in [-0.2, -0.15) is 9.49 Å². The van der Waals surface area contributed by atoms with E-state index in [1.54, 1.807) is 12.3 Å². The Hall–Kier alpha value is -1.91. The summed E-state index contributed by atoms with van der Waals surface area (Å²) in [7, 11) is 0. The molecule has 0 spiro atoms. The number of pyridine rings is 1. The molecule has 0 atom stereocenters. The molecule has 0 radical (unpaired) electrons. The van der Waals surface area contributed by atoms with Gasteiger partial charge in [0.05, 0.1) is 23.1 Å². The summed E-state index contributed by atoms with van der Waals surface area (Å²) in [5.74, 6) is -0.398. The van der Waals surface area contributed by atoms with Gasteiger partial charge in [0.15, 0.2) is 0 Å². The lowest BCUT2D eigenvalue weighted by molar-refractivity contribution is 0.417. The molecule has 2 rings (SSSR count). The highest BCUT2D eigenvalue weighted by molar-refractivity contribution is 5.74. The summed E-state index contributed by atoms with van der Waals surface area (Å²) < 4.78 is 15.4. The zero-order valence-electron chi connectivity index (χ0n) is 10.1. The molecule has 4 nitrogen and oxygen atoms in total. The molecule has 0 bridgehead atoms. The van der Waals surface area contributed by atoms with Crippen LogP contribution in [0.4, 0.5) is 10.1 Å². The molecule has 0 aliphatic heterocycles. The van der Waals surface area contributed by atoms with Crippen molar-refractivity contribution in [2.75, 3.05) is 5.73 Å². The van der Waals surface area contributed by atoms with Gasteiger partial charge >= 0.3 is 0 Å². The van der Waals surface area contributed by atoms with Crippen LogP contribution < -0.4 is 5.73 Å². The average Bonchev–Trinajstić information content (AvgIpc) is 2.64. The number of hydrogen-bond donors (Lipinski definition) is 1. The Kier molecular flexibility index (Phi) is 2.83. The third-order valence-corrected chi connectivity index (χ3v) is 2.69. The predicted octanol–water partition coefficient (Wildman–Crippen LogP) is 2.56. The topological polar surface area (TPSA) is 56.7 Å². The summed E-state index contributed by atoms with van der Waals surface area (Å²) in [6, 6.07) is 1.76. The maximum absolute atomic E-state index is 14.1. The second-order valence-corrected chi connectivity index (χ2v) is 4.28. The van der Waals surface area contributed by atoms with Crippen LogP contribution in [-0.4, -0.2) is 14.8 Å². The summed E-state index contributed by atoms with van der Waals surface area (Å²) in [5, 5.41) is 4.01. The minimum absolute atomic E-state index is 0.0326. The lowest BCUT2D eigenvalue weighted by Gasteiger charge is -2.07. The van der Waals surface area contributed by atoms with Gasteiger partial charge in [-0.25, -0.2) is 4.68 Å². The number of halogens is 1. The Labute approximate surface area is 99.3 Å². The van der Waals surface area contributed by atoms with Crippen molar-refractivity contribution in [2.45, 2.75) is 26.8 Å². The minimum atomic E-state index is -0.398. The van der Waals surface area contributed by atoms with E-state index in [-0.39, 0.29) is 6.04 Å². The largest absolute Gasteiger partial charge is 0.397 e. The van der Waals surface area contributed by atoms with Crippen LogP contribution in [0.2, 0.25) is 0 Å². The van der Waals surface area contributed by atoms with Crippen LogP contribution in [0.1, 0.15) is 25.5 Å². The van der Waals surface area contributed by atoms with Gasteiger partial charge < -0.3 is 5.73 Å². The van der Waals surface area contributed by atoms with Gasteiger partial charge in [0.2, 0.25) is 5.95 Å². The maximum Gasteiger partial charge on any atom is 0.221 e. The van der Waals surface area contributed by atoms with Gasteiger partial charge in [0.25, 0.3) is 0 Å². The third-order valence-electron chi connectivity index (χ3n) is 2.69. The molecule has 0 saturated heterocycles. The van der Waals surface area contributed by atoms with Gasteiger partial charge in [-0.15, -0.1) is 0 Å². The van der Waals surface area contributed by atoms with Crippen molar-refractivity contribution in [3.05, 3.63) is 30.0 Å². The van der Waals surface area contributed by atoms with Gasteiger partial charge in [-0.3, -0.25) is 4.98 Å². The van der Waals surface area contributed by atoms with E-state index < -0.39 is 5.95 Å². The van der Waals surface area contributed by atoms with Gasteiger partial charge in [0, 0.05) is 12.2 Å². The molecule has 0 aromatic carbocycles. The van der Waals surface area contributed by atoms with Crippen LogP contribution in [-0.2, 0) is 0 Å². The fraction of sp³-hybridized carbons (Fsp3) is 0.333. The first-order chi connectivity index (χ1) is 8.02. The van der Waals surface area contributed by atoms with Crippen molar-refractivity contribution in [2.24, 2.45) is 0 Å². The molecule has 0 unspecified atom stereocenters. The summed E-state index contributed by atoms with van der Waals surface area (Å²) in [6.45, 7) is 5.60. The van der Waals surface area contributed by atoms with Gasteiger partial charge in [0.1, 0.15) is 0 Å². The molecular weight excluding hydrogens is 219 g/mol. The Morgan fingerprint density at radius 3 is 2.71 bits per heavy atom. The number of nitrogens with zero attached hydrogens (tertiary/aromatic N) is 3. The zero-order valence-corrected chi connectivity index (χ0v) is 10.1. The number of nitrogen functional groups attached to an aromatic ring is 1. The van der Waals surface area contributed by atoms with Gasteiger partial charge in [-0.05, 0) is 32.4 Å². The van der Waals surface area contributed by atoms with Crippen molar-refractivity contribution in [1.29, 1.82) is 0 Å².